The largest absolute Gasteiger partial charge is 0.493 e. The molecule has 0 saturated heterocycles. The molecule has 0 atom stereocenters. The summed E-state index contributed by atoms with van der Waals surface area (Å²) in [6, 6.07) is 7.43. The van der Waals surface area contributed by atoms with E-state index in [0.717, 1.165) is 12.1 Å². The van der Waals surface area contributed by atoms with Gasteiger partial charge in [0.1, 0.15) is 6.54 Å². The van der Waals surface area contributed by atoms with Gasteiger partial charge in [-0.3, -0.25) is 4.79 Å². The number of hydrogen-bond donors (Lipinski definition) is 2. The van der Waals surface area contributed by atoms with E-state index in [9.17, 15) is 26.4 Å². The van der Waals surface area contributed by atoms with Crippen LogP contribution in [0.5, 0.6) is 11.5 Å². The van der Waals surface area contributed by atoms with Gasteiger partial charge in [0, 0.05) is 11.3 Å². The number of alkyl halides is 3. The third-order valence-electron chi connectivity index (χ3n) is 3.67. The van der Waals surface area contributed by atoms with Gasteiger partial charge in [-0.25, -0.2) is 13.1 Å². The second-order valence-electron chi connectivity index (χ2n) is 5.84. The third-order valence-corrected chi connectivity index (χ3v) is 5.36. The van der Waals surface area contributed by atoms with Crippen molar-refractivity contribution < 1.29 is 35.9 Å². The van der Waals surface area contributed by atoms with Gasteiger partial charge in [0.2, 0.25) is 10.0 Å². The van der Waals surface area contributed by atoms with E-state index < -0.39 is 28.7 Å². The Morgan fingerprint density at radius 1 is 1.17 bits per heavy atom. The number of anilines is 1. The molecule has 2 aromatic rings. The number of carbonyl (C=O) groups excluding carboxylic acids is 1. The number of ether oxygens (including phenoxy) is 2. The summed E-state index contributed by atoms with van der Waals surface area (Å²) >= 11 is 6.13. The van der Waals surface area contributed by atoms with E-state index >= 15 is 0 Å². The van der Waals surface area contributed by atoms with Gasteiger partial charge in [0.05, 0.1) is 23.6 Å². The zero-order valence-corrected chi connectivity index (χ0v) is 17.4. The second kappa shape index (κ2) is 9.54. The molecule has 0 radical (unpaired) electrons. The summed E-state index contributed by atoms with van der Waals surface area (Å²) < 4.78 is 72.4. The lowest BCUT2D eigenvalue weighted by Gasteiger charge is -2.13. The molecule has 0 aliphatic carbocycles. The Bertz CT molecular complexity index is 1010. The van der Waals surface area contributed by atoms with Gasteiger partial charge in [-0.15, -0.1) is 0 Å². The first-order chi connectivity index (χ1) is 14.0. The van der Waals surface area contributed by atoms with Crippen LogP contribution < -0.4 is 19.5 Å². The number of amides is 1. The van der Waals surface area contributed by atoms with Crippen LogP contribution in [-0.4, -0.2) is 40.8 Å². The standard InChI is InChI=1S/C18H18ClF3N2O5S/c1-3-29-16-14(19)8-11(9-15(16)28-2)17(25)24-12-4-6-13(7-5-12)30(26,27)23-10-18(20,21)22/h4-9,23H,3,10H2,1-2H3,(H,24,25). The van der Waals surface area contributed by atoms with Gasteiger partial charge in [-0.2, -0.15) is 13.2 Å². The van der Waals surface area contributed by atoms with E-state index in [2.05, 4.69) is 5.32 Å². The van der Waals surface area contributed by atoms with Crippen LogP contribution >= 0.6 is 11.6 Å². The number of hydrogen-bond acceptors (Lipinski definition) is 5. The average molecular weight is 467 g/mol. The predicted octanol–water partition coefficient (Wildman–Crippen LogP) is 3.84. The molecule has 30 heavy (non-hydrogen) atoms. The van der Waals surface area contributed by atoms with E-state index in [1.165, 1.54) is 36.1 Å². The third kappa shape index (κ3) is 6.25. The molecular weight excluding hydrogens is 449 g/mol. The average Bonchev–Trinajstić information content (AvgIpc) is 2.68. The minimum Gasteiger partial charge on any atom is -0.493 e. The van der Waals surface area contributed by atoms with Crippen molar-refractivity contribution >= 4 is 33.2 Å². The van der Waals surface area contributed by atoms with E-state index in [1.54, 1.807) is 6.92 Å². The monoisotopic (exact) mass is 466 g/mol. The van der Waals surface area contributed by atoms with Gasteiger partial charge in [0.25, 0.3) is 5.91 Å². The number of nitrogens with one attached hydrogen (secondary N) is 2. The summed E-state index contributed by atoms with van der Waals surface area (Å²) in [5, 5.41) is 2.70. The fraction of sp³-hybridized carbons (Fsp3) is 0.278. The minimum atomic E-state index is -4.68. The highest BCUT2D eigenvalue weighted by Gasteiger charge is 2.30. The molecule has 2 N–H and O–H groups in total. The first-order valence-corrected chi connectivity index (χ1v) is 10.3. The lowest BCUT2D eigenvalue weighted by Crippen LogP contribution is -2.33. The molecule has 0 saturated carbocycles. The molecule has 2 aromatic carbocycles. The summed E-state index contributed by atoms with van der Waals surface area (Å²) in [5.41, 5.74) is 0.377. The highest BCUT2D eigenvalue weighted by molar-refractivity contribution is 7.89. The Kier molecular flexibility index (Phi) is 7.56. The van der Waals surface area contributed by atoms with Crippen molar-refractivity contribution in [3.8, 4) is 11.5 Å². The molecule has 2 rings (SSSR count). The van der Waals surface area contributed by atoms with Crippen LogP contribution in [0.15, 0.2) is 41.3 Å². The lowest BCUT2D eigenvalue weighted by atomic mass is 10.1. The molecule has 7 nitrogen and oxygen atoms in total. The Balaban J connectivity index is 2.16. The van der Waals surface area contributed by atoms with Gasteiger partial charge in [0.15, 0.2) is 11.5 Å². The minimum absolute atomic E-state index is 0.156. The van der Waals surface area contributed by atoms with E-state index in [-0.39, 0.29) is 26.9 Å². The molecule has 0 fully saturated rings. The number of rotatable bonds is 8. The van der Waals surface area contributed by atoms with Crippen LogP contribution in [0, 0.1) is 0 Å². The fourth-order valence-electron chi connectivity index (χ4n) is 2.32. The highest BCUT2D eigenvalue weighted by Crippen LogP contribution is 2.36. The van der Waals surface area contributed by atoms with Crippen molar-refractivity contribution in [1.29, 1.82) is 0 Å². The molecule has 0 spiro atoms. The molecular formula is C18H18ClF3N2O5S. The Hall–Kier alpha value is -2.50. The maximum Gasteiger partial charge on any atom is 0.402 e. The number of sulfonamides is 1. The number of carbonyl (C=O) groups is 1. The number of halogens is 4. The smallest absolute Gasteiger partial charge is 0.402 e. The SMILES string of the molecule is CCOc1c(Cl)cc(C(=O)Nc2ccc(S(=O)(=O)NCC(F)(F)F)cc2)cc1OC. The first-order valence-electron chi connectivity index (χ1n) is 8.45. The zero-order chi connectivity index (χ0) is 22.5. The quantitative estimate of drug-likeness (QED) is 0.616. The molecule has 164 valence electrons. The summed E-state index contributed by atoms with van der Waals surface area (Å²) in [4.78, 5) is 12.1. The van der Waals surface area contributed by atoms with E-state index in [4.69, 9.17) is 21.1 Å². The molecule has 0 aromatic heterocycles. The molecule has 0 heterocycles. The van der Waals surface area contributed by atoms with E-state index in [0.29, 0.717) is 12.4 Å². The molecule has 0 bridgehead atoms. The van der Waals surface area contributed by atoms with Crippen molar-refractivity contribution in [3.05, 3.63) is 47.0 Å². The Labute approximate surface area is 176 Å². The molecule has 12 heteroatoms. The first kappa shape index (κ1) is 23.8. The van der Waals surface area contributed by atoms with Gasteiger partial charge >= 0.3 is 6.18 Å². The van der Waals surface area contributed by atoms with Gasteiger partial charge in [-0.05, 0) is 43.3 Å². The Morgan fingerprint density at radius 3 is 2.33 bits per heavy atom. The highest BCUT2D eigenvalue weighted by atomic mass is 35.5. The topological polar surface area (TPSA) is 93.7 Å². The van der Waals surface area contributed by atoms with Gasteiger partial charge < -0.3 is 14.8 Å². The van der Waals surface area contributed by atoms with Crippen LogP contribution in [0.1, 0.15) is 17.3 Å². The van der Waals surface area contributed by atoms with Crippen LogP contribution in [0.25, 0.3) is 0 Å². The zero-order valence-electron chi connectivity index (χ0n) is 15.8. The maximum atomic E-state index is 12.5. The van der Waals surface area contributed by atoms with Crippen molar-refractivity contribution in [1.82, 2.24) is 4.72 Å². The fourth-order valence-corrected chi connectivity index (χ4v) is 3.60. The number of methoxy groups -OCH3 is 1. The van der Waals surface area contributed by atoms with Crippen LogP contribution in [0.4, 0.5) is 18.9 Å². The molecule has 0 aliphatic heterocycles. The van der Waals surface area contributed by atoms with Crippen LogP contribution in [-0.2, 0) is 10.0 Å². The van der Waals surface area contributed by atoms with Crippen molar-refractivity contribution in [3.63, 3.8) is 0 Å². The normalized spacial score (nSPS) is 11.8. The maximum absolute atomic E-state index is 12.5. The summed E-state index contributed by atoms with van der Waals surface area (Å²) in [5.74, 6) is -0.0186. The van der Waals surface area contributed by atoms with Gasteiger partial charge in [-0.1, -0.05) is 11.6 Å². The van der Waals surface area contributed by atoms with Crippen molar-refractivity contribution in [2.24, 2.45) is 0 Å². The molecule has 0 unspecified atom stereocenters. The van der Waals surface area contributed by atoms with E-state index in [1.807, 2.05) is 0 Å². The summed E-state index contributed by atoms with van der Waals surface area (Å²) in [6.45, 7) is 0.418. The van der Waals surface area contributed by atoms with Crippen LogP contribution in [0.2, 0.25) is 5.02 Å². The summed E-state index contributed by atoms with van der Waals surface area (Å²) in [6.07, 6.45) is -4.68. The second-order valence-corrected chi connectivity index (χ2v) is 8.01. The van der Waals surface area contributed by atoms with Crippen LogP contribution in [0.3, 0.4) is 0 Å². The predicted molar refractivity (Wildman–Crippen MR) is 105 cm³/mol. The van der Waals surface area contributed by atoms with Crippen molar-refractivity contribution in [2.75, 3.05) is 25.6 Å². The molecule has 0 aliphatic rings. The Morgan fingerprint density at radius 2 is 1.80 bits per heavy atom. The molecule has 1 amide bonds. The van der Waals surface area contributed by atoms with Crippen molar-refractivity contribution in [2.45, 2.75) is 18.0 Å². The number of benzene rings is 2. The summed E-state index contributed by atoms with van der Waals surface area (Å²) in [7, 11) is -2.96. The lowest BCUT2D eigenvalue weighted by molar-refractivity contribution is -0.121.